The van der Waals surface area contributed by atoms with Crippen LogP contribution in [0, 0.1) is 23.7 Å². The molecule has 0 aliphatic heterocycles. The number of thiophene rings is 1. The first kappa shape index (κ1) is 21.1. The molecule has 1 aromatic rings. The Hall–Kier alpha value is -2.15. The van der Waals surface area contributed by atoms with Gasteiger partial charge < -0.3 is 15.2 Å². The smallest absolute Gasteiger partial charge is 0.341 e. The van der Waals surface area contributed by atoms with E-state index in [0.717, 1.165) is 55.4 Å². The summed E-state index contributed by atoms with van der Waals surface area (Å²) < 4.78 is 5.60. The molecule has 5 rings (SSSR count). The van der Waals surface area contributed by atoms with Gasteiger partial charge in [-0.25, -0.2) is 4.79 Å². The summed E-state index contributed by atoms with van der Waals surface area (Å²) in [5.41, 5.74) is 1.47. The van der Waals surface area contributed by atoms with Crippen LogP contribution in [0.1, 0.15) is 66.8 Å². The van der Waals surface area contributed by atoms with Gasteiger partial charge in [-0.3, -0.25) is 9.59 Å². The predicted molar refractivity (Wildman–Crippen MR) is 115 cm³/mol. The van der Waals surface area contributed by atoms with Gasteiger partial charge in [0.25, 0.3) is 0 Å². The highest BCUT2D eigenvalue weighted by Crippen LogP contribution is 2.46. The average Bonchev–Trinajstić information content (AvgIpc) is 3.11. The Bertz CT molecular complexity index is 888. The third-order valence-corrected chi connectivity index (χ3v) is 8.04. The summed E-state index contributed by atoms with van der Waals surface area (Å²) in [6.45, 7) is 3.82. The van der Waals surface area contributed by atoms with Crippen molar-refractivity contribution in [1.29, 1.82) is 0 Å². The molecule has 162 valence electrons. The number of hydrogen-bond donors (Lipinski definition) is 2. The van der Waals surface area contributed by atoms with E-state index in [1.54, 1.807) is 0 Å². The zero-order valence-electron chi connectivity index (χ0n) is 17.5. The molecule has 0 spiro atoms. The van der Waals surface area contributed by atoms with E-state index in [1.807, 2.05) is 26.0 Å². The molecule has 4 aliphatic carbocycles. The van der Waals surface area contributed by atoms with Crippen LogP contribution in [0.2, 0.25) is 0 Å². The highest BCUT2D eigenvalue weighted by molar-refractivity contribution is 7.17. The van der Waals surface area contributed by atoms with Crippen LogP contribution in [-0.2, 0) is 27.2 Å². The van der Waals surface area contributed by atoms with E-state index < -0.39 is 17.8 Å². The van der Waals surface area contributed by atoms with Crippen LogP contribution in [0.25, 0.3) is 0 Å². The van der Waals surface area contributed by atoms with E-state index in [2.05, 4.69) is 5.32 Å². The van der Waals surface area contributed by atoms with Gasteiger partial charge in [0, 0.05) is 4.88 Å². The Labute approximate surface area is 180 Å². The van der Waals surface area contributed by atoms with Crippen molar-refractivity contribution in [3.63, 3.8) is 0 Å². The van der Waals surface area contributed by atoms with Crippen LogP contribution in [0.5, 0.6) is 0 Å². The van der Waals surface area contributed by atoms with E-state index >= 15 is 0 Å². The minimum atomic E-state index is -0.920. The van der Waals surface area contributed by atoms with Gasteiger partial charge in [-0.1, -0.05) is 19.1 Å². The Balaban J connectivity index is 1.63. The van der Waals surface area contributed by atoms with Crippen LogP contribution in [0.3, 0.4) is 0 Å². The van der Waals surface area contributed by atoms with Crippen LogP contribution < -0.4 is 5.32 Å². The summed E-state index contributed by atoms with van der Waals surface area (Å²) in [6.07, 6.45) is 9.89. The van der Waals surface area contributed by atoms with E-state index in [1.165, 1.54) is 11.3 Å². The van der Waals surface area contributed by atoms with Crippen molar-refractivity contribution in [2.75, 3.05) is 5.32 Å². The molecule has 0 radical (unpaired) electrons. The minimum Gasteiger partial charge on any atom is -0.481 e. The number of ether oxygens (including phenoxy) is 1. The highest BCUT2D eigenvalue weighted by atomic mass is 32.1. The highest BCUT2D eigenvalue weighted by Gasteiger charge is 2.48. The topological polar surface area (TPSA) is 92.7 Å². The molecule has 1 fully saturated rings. The van der Waals surface area contributed by atoms with Gasteiger partial charge >= 0.3 is 11.9 Å². The number of rotatable bonds is 6. The number of anilines is 1. The summed E-state index contributed by atoms with van der Waals surface area (Å²) >= 11 is 1.45. The van der Waals surface area contributed by atoms with Crippen molar-refractivity contribution in [1.82, 2.24) is 0 Å². The normalized spacial score (nSPS) is 27.9. The number of aliphatic carboxylic acids is 1. The first-order chi connectivity index (χ1) is 14.4. The Morgan fingerprint density at radius 3 is 2.47 bits per heavy atom. The van der Waals surface area contributed by atoms with Crippen molar-refractivity contribution < 1.29 is 24.2 Å². The van der Waals surface area contributed by atoms with Gasteiger partial charge in [-0.05, 0) is 69.3 Å². The van der Waals surface area contributed by atoms with Crippen molar-refractivity contribution >= 4 is 34.2 Å². The van der Waals surface area contributed by atoms with Gasteiger partial charge in [0.1, 0.15) is 5.00 Å². The molecular formula is C23H29NO5S. The fraction of sp³-hybridized carbons (Fsp3) is 0.609. The fourth-order valence-electron chi connectivity index (χ4n) is 5.08. The van der Waals surface area contributed by atoms with Crippen molar-refractivity contribution in [2.45, 2.75) is 64.9 Å². The van der Waals surface area contributed by atoms with Crippen LogP contribution in [0.4, 0.5) is 5.00 Å². The third kappa shape index (κ3) is 3.80. The molecule has 1 amide bonds. The molecule has 2 N–H and O–H groups in total. The summed E-state index contributed by atoms with van der Waals surface area (Å²) in [7, 11) is 0. The zero-order chi connectivity index (χ0) is 21.4. The molecule has 0 unspecified atom stereocenters. The monoisotopic (exact) mass is 431 g/mol. The number of carboxylic acids is 1. The predicted octanol–water partition coefficient (Wildman–Crippen LogP) is 4.43. The number of fused-ring (bicyclic) bond motifs is 3. The van der Waals surface area contributed by atoms with Gasteiger partial charge in [0.15, 0.2) is 0 Å². The number of amides is 1. The quantitative estimate of drug-likeness (QED) is 0.513. The average molecular weight is 432 g/mol. The second-order valence-corrected chi connectivity index (χ2v) is 9.81. The summed E-state index contributed by atoms with van der Waals surface area (Å²) in [4.78, 5) is 39.3. The number of carboxylic acid groups (broad SMARTS) is 1. The lowest BCUT2D eigenvalue weighted by Crippen LogP contribution is -2.47. The number of aryl methyl sites for hydroxylation is 1. The van der Waals surface area contributed by atoms with Crippen LogP contribution in [-0.4, -0.2) is 29.1 Å². The lowest BCUT2D eigenvalue weighted by Gasteiger charge is -2.41. The molecule has 30 heavy (non-hydrogen) atoms. The fourth-order valence-corrected chi connectivity index (χ4v) is 6.36. The maximum atomic E-state index is 13.3. The molecule has 1 saturated carbocycles. The van der Waals surface area contributed by atoms with Gasteiger partial charge in [-0.2, -0.15) is 0 Å². The van der Waals surface area contributed by atoms with Gasteiger partial charge in [0.05, 0.1) is 23.5 Å². The molecule has 5 atom stereocenters. The summed E-state index contributed by atoms with van der Waals surface area (Å²) in [5, 5.41) is 13.2. The summed E-state index contributed by atoms with van der Waals surface area (Å²) in [6, 6.07) is 0. The van der Waals surface area contributed by atoms with E-state index in [0.29, 0.717) is 10.6 Å². The standard InChI is InChI=1S/C23H29NO5S/c1-3-12(2)29-23(28)19-15-6-4-5-7-16(15)30-21(19)24-20(25)17-13-8-10-14(11-9-13)18(17)22(26)27/h8,10,12-14,17-18H,3-7,9,11H2,1-2H3,(H,24,25)(H,26,27)/t12-,13-,14-,17-,18-/m0/s1. The molecule has 6 nitrogen and oxygen atoms in total. The number of nitrogens with one attached hydrogen (secondary N) is 1. The van der Waals surface area contributed by atoms with Crippen molar-refractivity contribution in [2.24, 2.45) is 23.7 Å². The first-order valence-electron chi connectivity index (χ1n) is 11.0. The van der Waals surface area contributed by atoms with E-state index in [4.69, 9.17) is 4.74 Å². The van der Waals surface area contributed by atoms with Crippen molar-refractivity contribution in [3.05, 3.63) is 28.2 Å². The number of carbonyl (C=O) groups is 3. The molecule has 0 saturated heterocycles. The minimum absolute atomic E-state index is 0.0683. The Kier molecular flexibility index (Phi) is 6.00. The van der Waals surface area contributed by atoms with Crippen LogP contribution in [0.15, 0.2) is 12.2 Å². The van der Waals surface area contributed by atoms with Crippen LogP contribution >= 0.6 is 11.3 Å². The largest absolute Gasteiger partial charge is 0.481 e. The maximum absolute atomic E-state index is 13.3. The second-order valence-electron chi connectivity index (χ2n) is 8.71. The number of carbonyl (C=O) groups excluding carboxylic acids is 2. The lowest BCUT2D eigenvalue weighted by atomic mass is 9.62. The first-order valence-corrected chi connectivity index (χ1v) is 11.8. The molecule has 7 heteroatoms. The molecule has 0 aromatic carbocycles. The van der Waals surface area contributed by atoms with E-state index in [-0.39, 0.29) is 29.8 Å². The Morgan fingerprint density at radius 1 is 1.17 bits per heavy atom. The zero-order valence-corrected chi connectivity index (χ0v) is 18.3. The van der Waals surface area contributed by atoms with Gasteiger partial charge in [0.2, 0.25) is 5.91 Å². The number of hydrogen-bond acceptors (Lipinski definition) is 5. The second kappa shape index (κ2) is 8.53. The maximum Gasteiger partial charge on any atom is 0.341 e. The van der Waals surface area contributed by atoms with Crippen molar-refractivity contribution in [3.8, 4) is 0 Å². The third-order valence-electron chi connectivity index (χ3n) is 6.83. The summed E-state index contributed by atoms with van der Waals surface area (Å²) in [5.74, 6) is -3.09. The SMILES string of the molecule is CC[C@H](C)OC(=O)c1c(NC(=O)[C@@H]2[C@@H](C(=O)O)[C@H]3C=C[C@H]2CC3)sc2c1CCCC2. The molecule has 1 heterocycles. The number of esters is 1. The molecule has 4 aliphatic rings. The van der Waals surface area contributed by atoms with Gasteiger partial charge in [-0.15, -0.1) is 11.3 Å². The number of allylic oxidation sites excluding steroid dienone is 2. The lowest BCUT2D eigenvalue weighted by molar-refractivity contribution is -0.151. The Morgan fingerprint density at radius 2 is 1.83 bits per heavy atom. The van der Waals surface area contributed by atoms with E-state index in [9.17, 15) is 19.5 Å². The molecule has 1 aromatic heterocycles. The molecular weight excluding hydrogens is 402 g/mol. The molecule has 2 bridgehead atoms.